The second kappa shape index (κ2) is 9.04. The zero-order valence-electron chi connectivity index (χ0n) is 19.4. The summed E-state index contributed by atoms with van der Waals surface area (Å²) in [5.41, 5.74) is 4.39. The van der Waals surface area contributed by atoms with Gasteiger partial charge in [0.2, 0.25) is 0 Å². The largest absolute Gasteiger partial charge is 0.505 e. The third-order valence-corrected chi connectivity index (χ3v) is 6.77. The lowest BCUT2D eigenvalue weighted by Gasteiger charge is -2.25. The number of imidazole rings is 1. The van der Waals surface area contributed by atoms with Gasteiger partial charge in [-0.05, 0) is 55.2 Å². The molecule has 0 saturated carbocycles. The van der Waals surface area contributed by atoms with Gasteiger partial charge in [0.05, 0.1) is 17.3 Å². The van der Waals surface area contributed by atoms with Crippen molar-refractivity contribution in [3.8, 4) is 0 Å². The van der Waals surface area contributed by atoms with E-state index in [-0.39, 0.29) is 11.3 Å². The number of fused-ring (bicyclic) bond motifs is 1. The summed E-state index contributed by atoms with van der Waals surface area (Å²) in [6, 6.07) is 19.9. The van der Waals surface area contributed by atoms with E-state index in [1.165, 1.54) is 4.90 Å². The third kappa shape index (κ3) is 4.00. The molecule has 1 aliphatic rings. The smallest absolute Gasteiger partial charge is 0.295 e. The van der Waals surface area contributed by atoms with E-state index in [4.69, 9.17) is 11.6 Å². The molecule has 1 amide bonds. The first kappa shape index (κ1) is 22.9. The summed E-state index contributed by atoms with van der Waals surface area (Å²) in [6.07, 6.45) is 2.43. The molecular weight excluding hydrogens is 462 g/mol. The standard InChI is InChI=1S/C28H24ClN3O3/c1-17-7-6-15-31-18(2)23(30-27(17)31)25(33)22-24(20-10-12-21(29)13-11-20)32(28(35)26(22)34)16-14-19-8-4-3-5-9-19/h3-13,15,24,33H,14,16H2,1-2H3/b25-22+. The Morgan fingerprint density at radius 2 is 1.71 bits per heavy atom. The Bertz CT molecular complexity index is 1470. The number of nitrogens with zero attached hydrogens (tertiary/aromatic N) is 3. The van der Waals surface area contributed by atoms with Crippen LogP contribution in [-0.4, -0.2) is 37.6 Å². The first-order valence-corrected chi connectivity index (χ1v) is 11.8. The highest BCUT2D eigenvalue weighted by Crippen LogP contribution is 2.40. The SMILES string of the molecule is Cc1cccn2c(C)c(/C(O)=C3\C(=O)C(=O)N(CCc4ccccc4)C3c3ccc(Cl)cc3)nc12. The van der Waals surface area contributed by atoms with Crippen LogP contribution in [0.4, 0.5) is 0 Å². The Labute approximate surface area is 208 Å². The number of pyridine rings is 1. The summed E-state index contributed by atoms with van der Waals surface area (Å²) in [7, 11) is 0. The zero-order valence-corrected chi connectivity index (χ0v) is 20.2. The maximum atomic E-state index is 13.3. The molecule has 0 aliphatic carbocycles. The molecule has 5 rings (SSSR count). The van der Waals surface area contributed by atoms with E-state index in [1.807, 2.05) is 66.9 Å². The minimum Gasteiger partial charge on any atom is -0.505 e. The van der Waals surface area contributed by atoms with Gasteiger partial charge in [0.1, 0.15) is 11.3 Å². The summed E-state index contributed by atoms with van der Waals surface area (Å²) in [6.45, 7) is 4.08. The number of carbonyl (C=O) groups excluding carboxylic acids is 2. The molecule has 4 aromatic rings. The molecule has 1 N–H and O–H groups in total. The lowest BCUT2D eigenvalue weighted by molar-refractivity contribution is -0.139. The average molecular weight is 486 g/mol. The zero-order chi connectivity index (χ0) is 24.7. The van der Waals surface area contributed by atoms with Crippen LogP contribution in [0.2, 0.25) is 5.02 Å². The van der Waals surface area contributed by atoms with Gasteiger partial charge in [-0.1, -0.05) is 60.1 Å². The number of hydrogen-bond donors (Lipinski definition) is 1. The van der Waals surface area contributed by atoms with E-state index in [0.29, 0.717) is 40.6 Å². The molecule has 1 unspecified atom stereocenters. The Balaban J connectivity index is 1.64. The van der Waals surface area contributed by atoms with E-state index < -0.39 is 17.7 Å². The Hall–Kier alpha value is -3.90. The fourth-order valence-corrected chi connectivity index (χ4v) is 4.80. The number of aliphatic hydroxyl groups excluding tert-OH is 1. The molecule has 2 aromatic heterocycles. The second-order valence-electron chi connectivity index (χ2n) is 8.71. The average Bonchev–Trinajstić information content (AvgIpc) is 3.33. The molecule has 0 spiro atoms. The number of aryl methyl sites for hydroxylation is 2. The topological polar surface area (TPSA) is 74.9 Å². The van der Waals surface area contributed by atoms with Crippen LogP contribution < -0.4 is 0 Å². The minimum atomic E-state index is -0.749. The van der Waals surface area contributed by atoms with E-state index in [1.54, 1.807) is 24.3 Å². The van der Waals surface area contributed by atoms with Gasteiger partial charge in [-0.3, -0.25) is 9.59 Å². The number of halogens is 1. The van der Waals surface area contributed by atoms with Crippen molar-refractivity contribution >= 4 is 34.7 Å². The maximum absolute atomic E-state index is 13.3. The number of ketones is 1. The van der Waals surface area contributed by atoms with Gasteiger partial charge in [0.15, 0.2) is 5.76 Å². The molecule has 1 aliphatic heterocycles. The van der Waals surface area contributed by atoms with Crippen LogP contribution in [0.1, 0.15) is 34.1 Å². The molecule has 1 saturated heterocycles. The number of aliphatic hydroxyl groups is 1. The normalized spacial score (nSPS) is 17.5. The van der Waals surface area contributed by atoms with Gasteiger partial charge in [0.25, 0.3) is 11.7 Å². The molecule has 0 bridgehead atoms. The van der Waals surface area contributed by atoms with Gasteiger partial charge in [-0.2, -0.15) is 0 Å². The monoisotopic (exact) mass is 485 g/mol. The van der Waals surface area contributed by atoms with E-state index in [0.717, 1.165) is 11.1 Å². The number of aromatic nitrogens is 2. The number of carbonyl (C=O) groups is 2. The first-order chi connectivity index (χ1) is 16.9. The minimum absolute atomic E-state index is 0.0366. The molecule has 3 heterocycles. The molecule has 176 valence electrons. The quantitative estimate of drug-likeness (QED) is 0.237. The number of benzene rings is 2. The van der Waals surface area contributed by atoms with Crippen molar-refractivity contribution in [2.75, 3.05) is 6.54 Å². The molecule has 7 heteroatoms. The summed E-state index contributed by atoms with van der Waals surface area (Å²) in [5.74, 6) is -1.63. The first-order valence-electron chi connectivity index (χ1n) is 11.4. The van der Waals surface area contributed by atoms with Crippen molar-refractivity contribution in [3.05, 3.63) is 112 Å². The van der Waals surface area contributed by atoms with Gasteiger partial charge in [-0.15, -0.1) is 0 Å². The number of rotatable bonds is 5. The molecule has 1 atom stereocenters. The van der Waals surface area contributed by atoms with E-state index >= 15 is 0 Å². The second-order valence-corrected chi connectivity index (χ2v) is 9.15. The van der Waals surface area contributed by atoms with Crippen LogP contribution in [0.3, 0.4) is 0 Å². The maximum Gasteiger partial charge on any atom is 0.295 e. The van der Waals surface area contributed by atoms with Crippen LogP contribution >= 0.6 is 11.6 Å². The van der Waals surface area contributed by atoms with Crippen molar-refractivity contribution in [2.45, 2.75) is 26.3 Å². The van der Waals surface area contributed by atoms with Crippen molar-refractivity contribution in [3.63, 3.8) is 0 Å². The van der Waals surface area contributed by atoms with Gasteiger partial charge in [-0.25, -0.2) is 4.98 Å². The predicted octanol–water partition coefficient (Wildman–Crippen LogP) is 5.27. The van der Waals surface area contributed by atoms with Crippen LogP contribution in [0.25, 0.3) is 11.4 Å². The van der Waals surface area contributed by atoms with Gasteiger partial charge in [0, 0.05) is 17.8 Å². The number of likely N-dealkylation sites (tertiary alicyclic amines) is 1. The summed E-state index contributed by atoms with van der Waals surface area (Å²) < 4.78 is 1.87. The van der Waals surface area contributed by atoms with Crippen molar-refractivity contribution in [2.24, 2.45) is 0 Å². The van der Waals surface area contributed by atoms with Crippen molar-refractivity contribution < 1.29 is 14.7 Å². The fraction of sp³-hybridized carbons (Fsp3) is 0.179. The summed E-state index contributed by atoms with van der Waals surface area (Å²) >= 11 is 6.11. The van der Waals surface area contributed by atoms with Crippen molar-refractivity contribution in [1.82, 2.24) is 14.3 Å². The molecular formula is C28H24ClN3O3. The highest BCUT2D eigenvalue weighted by Gasteiger charge is 2.46. The highest BCUT2D eigenvalue weighted by molar-refractivity contribution is 6.46. The van der Waals surface area contributed by atoms with E-state index in [9.17, 15) is 14.7 Å². The van der Waals surface area contributed by atoms with Gasteiger partial charge >= 0.3 is 0 Å². The van der Waals surface area contributed by atoms with Crippen LogP contribution in [0.15, 0.2) is 78.5 Å². The Morgan fingerprint density at radius 1 is 1.00 bits per heavy atom. The Morgan fingerprint density at radius 3 is 2.40 bits per heavy atom. The summed E-state index contributed by atoms with van der Waals surface area (Å²) in [4.78, 5) is 32.7. The van der Waals surface area contributed by atoms with Gasteiger partial charge < -0.3 is 14.4 Å². The van der Waals surface area contributed by atoms with E-state index in [2.05, 4.69) is 4.98 Å². The number of hydrogen-bond acceptors (Lipinski definition) is 4. The van der Waals surface area contributed by atoms with Crippen molar-refractivity contribution in [1.29, 1.82) is 0 Å². The Kier molecular flexibility index (Phi) is 5.91. The predicted molar refractivity (Wildman–Crippen MR) is 135 cm³/mol. The summed E-state index contributed by atoms with van der Waals surface area (Å²) in [5, 5.41) is 12.0. The van der Waals surface area contributed by atoms with Crippen LogP contribution in [-0.2, 0) is 16.0 Å². The number of Topliss-reactive ketones (excluding diaryl/α,β-unsaturated/α-hetero) is 1. The van der Waals surface area contributed by atoms with Crippen LogP contribution in [0, 0.1) is 13.8 Å². The lowest BCUT2D eigenvalue weighted by Crippen LogP contribution is -2.31. The number of amides is 1. The molecule has 1 fully saturated rings. The molecule has 35 heavy (non-hydrogen) atoms. The van der Waals surface area contributed by atoms with Crippen LogP contribution in [0.5, 0.6) is 0 Å². The highest BCUT2D eigenvalue weighted by atomic mass is 35.5. The fourth-order valence-electron chi connectivity index (χ4n) is 4.67. The molecule has 0 radical (unpaired) electrons. The molecule has 6 nitrogen and oxygen atoms in total. The third-order valence-electron chi connectivity index (χ3n) is 6.52. The molecule has 2 aromatic carbocycles. The lowest BCUT2D eigenvalue weighted by atomic mass is 9.96.